The van der Waals surface area contributed by atoms with Gasteiger partial charge in [-0.1, -0.05) is 25.4 Å². The molecule has 0 radical (unpaired) electrons. The highest BCUT2D eigenvalue weighted by Gasteiger charge is 2.25. The van der Waals surface area contributed by atoms with Crippen LogP contribution in [-0.4, -0.2) is 32.3 Å². The Labute approximate surface area is 128 Å². The van der Waals surface area contributed by atoms with Gasteiger partial charge in [0.2, 0.25) is 10.0 Å². The van der Waals surface area contributed by atoms with Crippen molar-refractivity contribution in [3.8, 4) is 0 Å². The molecule has 5 nitrogen and oxygen atoms in total. The van der Waals surface area contributed by atoms with Gasteiger partial charge in [-0.2, -0.15) is 0 Å². The maximum Gasteiger partial charge on any atom is 0.256 e. The monoisotopic (exact) mass is 336 g/mol. The van der Waals surface area contributed by atoms with Crippen molar-refractivity contribution in [1.82, 2.24) is 4.90 Å². The van der Waals surface area contributed by atoms with Crippen LogP contribution in [0.25, 0.3) is 0 Å². The molecular formula is C13H18ClFN2O3S. The van der Waals surface area contributed by atoms with E-state index in [-0.39, 0.29) is 10.9 Å². The Hall–Kier alpha value is -1.18. The standard InChI is InChI=1S/C13H18ClFN2O3S/c1-4-17(7-8(2)3)13(18)10-5-9(14)6-11(12(10)15)21(16,19)20/h5-6,8H,4,7H2,1-3H3,(H2,16,19,20). The highest BCUT2D eigenvalue weighted by atomic mass is 35.5. The van der Waals surface area contributed by atoms with E-state index >= 15 is 0 Å². The molecule has 0 aromatic heterocycles. The minimum atomic E-state index is -4.30. The van der Waals surface area contributed by atoms with Crippen LogP contribution >= 0.6 is 11.6 Å². The molecule has 1 amide bonds. The van der Waals surface area contributed by atoms with Crippen LogP contribution in [-0.2, 0) is 10.0 Å². The molecule has 0 aliphatic carbocycles. The van der Waals surface area contributed by atoms with E-state index in [1.54, 1.807) is 6.92 Å². The molecule has 0 aliphatic heterocycles. The summed E-state index contributed by atoms with van der Waals surface area (Å²) in [5.74, 6) is -1.60. The minimum absolute atomic E-state index is 0.0654. The van der Waals surface area contributed by atoms with E-state index < -0.39 is 32.2 Å². The number of primary sulfonamides is 1. The molecule has 0 saturated heterocycles. The normalized spacial score (nSPS) is 11.8. The van der Waals surface area contributed by atoms with Crippen LogP contribution < -0.4 is 5.14 Å². The Morgan fingerprint density at radius 2 is 2.00 bits per heavy atom. The summed E-state index contributed by atoms with van der Waals surface area (Å²) in [4.78, 5) is 13.0. The molecule has 0 fully saturated rings. The lowest BCUT2D eigenvalue weighted by Gasteiger charge is -2.23. The molecule has 0 spiro atoms. The van der Waals surface area contributed by atoms with E-state index in [2.05, 4.69) is 0 Å². The second-order valence-electron chi connectivity index (χ2n) is 5.05. The van der Waals surface area contributed by atoms with Gasteiger partial charge in [-0.25, -0.2) is 17.9 Å². The average Bonchev–Trinajstić information content (AvgIpc) is 2.36. The molecule has 0 unspecified atom stereocenters. The average molecular weight is 337 g/mol. The van der Waals surface area contributed by atoms with E-state index in [0.717, 1.165) is 12.1 Å². The topological polar surface area (TPSA) is 80.5 Å². The van der Waals surface area contributed by atoms with Crippen molar-refractivity contribution in [1.29, 1.82) is 0 Å². The van der Waals surface area contributed by atoms with Crippen molar-refractivity contribution in [3.05, 3.63) is 28.5 Å². The summed E-state index contributed by atoms with van der Waals surface area (Å²) in [5.41, 5.74) is -0.394. The summed E-state index contributed by atoms with van der Waals surface area (Å²) in [5, 5.41) is 4.87. The van der Waals surface area contributed by atoms with Crippen LogP contribution in [0.2, 0.25) is 5.02 Å². The van der Waals surface area contributed by atoms with Gasteiger partial charge >= 0.3 is 0 Å². The van der Waals surface area contributed by atoms with E-state index in [0.29, 0.717) is 13.1 Å². The summed E-state index contributed by atoms with van der Waals surface area (Å²) in [6.07, 6.45) is 0. The fourth-order valence-corrected chi connectivity index (χ4v) is 2.83. The summed E-state index contributed by atoms with van der Waals surface area (Å²) >= 11 is 5.77. The zero-order chi connectivity index (χ0) is 16.4. The Morgan fingerprint density at radius 1 is 1.43 bits per heavy atom. The van der Waals surface area contributed by atoms with Crippen molar-refractivity contribution < 1.29 is 17.6 Å². The first kappa shape index (κ1) is 17.9. The van der Waals surface area contributed by atoms with Gasteiger partial charge in [0.15, 0.2) is 5.82 Å². The van der Waals surface area contributed by atoms with Crippen LogP contribution in [0.3, 0.4) is 0 Å². The van der Waals surface area contributed by atoms with Gasteiger partial charge < -0.3 is 4.90 Å². The summed E-state index contributed by atoms with van der Waals surface area (Å²) in [6.45, 7) is 6.38. The van der Waals surface area contributed by atoms with Gasteiger partial charge in [0.25, 0.3) is 5.91 Å². The SMILES string of the molecule is CCN(CC(C)C)C(=O)c1cc(Cl)cc(S(N)(=O)=O)c1F. The molecule has 0 heterocycles. The van der Waals surface area contributed by atoms with Gasteiger partial charge in [0.05, 0.1) is 5.56 Å². The maximum atomic E-state index is 14.3. The molecule has 1 aromatic carbocycles. The van der Waals surface area contributed by atoms with E-state index in [1.165, 1.54) is 4.90 Å². The number of nitrogens with two attached hydrogens (primary N) is 1. The van der Waals surface area contributed by atoms with Gasteiger partial charge in [-0.15, -0.1) is 0 Å². The number of benzene rings is 1. The first-order valence-corrected chi connectivity index (χ1v) is 8.31. The third-order valence-electron chi connectivity index (χ3n) is 2.80. The number of rotatable bonds is 5. The number of hydrogen-bond donors (Lipinski definition) is 1. The summed E-state index contributed by atoms with van der Waals surface area (Å²) in [6, 6.07) is 2.00. The van der Waals surface area contributed by atoms with Crippen LogP contribution in [0.15, 0.2) is 17.0 Å². The first-order valence-electron chi connectivity index (χ1n) is 6.39. The molecule has 0 atom stereocenters. The number of amides is 1. The quantitative estimate of drug-likeness (QED) is 0.895. The Balaban J connectivity index is 3.36. The molecule has 21 heavy (non-hydrogen) atoms. The van der Waals surface area contributed by atoms with E-state index in [9.17, 15) is 17.6 Å². The predicted molar refractivity (Wildman–Crippen MR) is 79.2 cm³/mol. The fourth-order valence-electron chi connectivity index (χ4n) is 1.89. The Kier molecular flexibility index (Phi) is 5.72. The number of carbonyl (C=O) groups excluding carboxylic acids is 1. The number of carbonyl (C=O) groups is 1. The molecule has 0 saturated carbocycles. The molecule has 1 rings (SSSR count). The molecular weight excluding hydrogens is 319 g/mol. The highest BCUT2D eigenvalue weighted by Crippen LogP contribution is 2.24. The lowest BCUT2D eigenvalue weighted by Crippen LogP contribution is -2.35. The lowest BCUT2D eigenvalue weighted by atomic mass is 10.1. The van der Waals surface area contributed by atoms with Gasteiger partial charge in [0.1, 0.15) is 4.90 Å². The third-order valence-corrected chi connectivity index (χ3v) is 3.92. The molecule has 8 heteroatoms. The predicted octanol–water partition coefficient (Wildman–Crippen LogP) is 2.24. The zero-order valence-corrected chi connectivity index (χ0v) is 13.6. The molecule has 0 bridgehead atoms. The smallest absolute Gasteiger partial charge is 0.256 e. The molecule has 118 valence electrons. The van der Waals surface area contributed by atoms with Crippen LogP contribution in [0.4, 0.5) is 4.39 Å². The number of hydrogen-bond acceptors (Lipinski definition) is 3. The van der Waals surface area contributed by atoms with Crippen LogP contribution in [0.1, 0.15) is 31.1 Å². The summed E-state index contributed by atoms with van der Waals surface area (Å²) < 4.78 is 37.0. The second-order valence-corrected chi connectivity index (χ2v) is 7.01. The lowest BCUT2D eigenvalue weighted by molar-refractivity contribution is 0.0740. The van der Waals surface area contributed by atoms with Gasteiger partial charge in [-0.3, -0.25) is 4.79 Å². The van der Waals surface area contributed by atoms with E-state index in [1.807, 2.05) is 13.8 Å². The minimum Gasteiger partial charge on any atom is -0.339 e. The van der Waals surface area contributed by atoms with E-state index in [4.69, 9.17) is 16.7 Å². The van der Waals surface area contributed by atoms with Crippen LogP contribution in [0, 0.1) is 11.7 Å². The number of halogens is 2. The van der Waals surface area contributed by atoms with Crippen molar-refractivity contribution in [3.63, 3.8) is 0 Å². The number of nitrogens with zero attached hydrogens (tertiary/aromatic N) is 1. The molecule has 1 aromatic rings. The maximum absolute atomic E-state index is 14.3. The Bertz CT molecular complexity index is 647. The fraction of sp³-hybridized carbons (Fsp3) is 0.462. The molecule has 2 N–H and O–H groups in total. The van der Waals surface area contributed by atoms with Crippen molar-refractivity contribution in [2.75, 3.05) is 13.1 Å². The first-order chi connectivity index (χ1) is 9.57. The summed E-state index contributed by atoms with van der Waals surface area (Å²) in [7, 11) is -4.30. The van der Waals surface area contributed by atoms with Gasteiger partial charge in [-0.05, 0) is 25.0 Å². The van der Waals surface area contributed by atoms with Crippen molar-refractivity contribution >= 4 is 27.5 Å². The molecule has 0 aliphatic rings. The van der Waals surface area contributed by atoms with Crippen molar-refractivity contribution in [2.45, 2.75) is 25.7 Å². The van der Waals surface area contributed by atoms with Gasteiger partial charge in [0, 0.05) is 18.1 Å². The largest absolute Gasteiger partial charge is 0.339 e. The number of sulfonamides is 1. The highest BCUT2D eigenvalue weighted by molar-refractivity contribution is 7.89. The zero-order valence-electron chi connectivity index (χ0n) is 12.1. The third kappa shape index (κ3) is 4.39. The second kappa shape index (κ2) is 6.72. The Morgan fingerprint density at radius 3 is 2.43 bits per heavy atom. The van der Waals surface area contributed by atoms with Crippen LogP contribution in [0.5, 0.6) is 0 Å². The van der Waals surface area contributed by atoms with Crippen molar-refractivity contribution in [2.24, 2.45) is 11.1 Å².